The molecule has 2 atom stereocenters. The van der Waals surface area contributed by atoms with Gasteiger partial charge in [0.25, 0.3) is 0 Å². The molecular formula is C26H29NO5. The lowest BCUT2D eigenvalue weighted by atomic mass is 9.84. The lowest BCUT2D eigenvalue weighted by molar-refractivity contribution is -0.145. The average molecular weight is 436 g/mol. The Morgan fingerprint density at radius 3 is 2.50 bits per heavy atom. The van der Waals surface area contributed by atoms with E-state index in [4.69, 9.17) is 14.2 Å². The molecule has 2 aromatic carbocycles. The second-order valence-electron chi connectivity index (χ2n) is 8.02. The number of ether oxygens (including phenoxy) is 3. The van der Waals surface area contributed by atoms with Crippen LogP contribution in [0, 0.1) is 11.3 Å². The van der Waals surface area contributed by atoms with Crippen molar-refractivity contribution in [2.24, 2.45) is 0 Å². The summed E-state index contributed by atoms with van der Waals surface area (Å²) in [4.78, 5) is 24.0. The summed E-state index contributed by atoms with van der Waals surface area (Å²) in [5.74, 6) is 0.190. The molecule has 0 aliphatic carbocycles. The van der Waals surface area contributed by atoms with Gasteiger partial charge in [-0.15, -0.1) is 0 Å². The van der Waals surface area contributed by atoms with Crippen molar-refractivity contribution < 1.29 is 23.8 Å². The molecule has 2 unspecified atom stereocenters. The molecule has 0 spiro atoms. The Morgan fingerprint density at radius 2 is 1.88 bits per heavy atom. The van der Waals surface area contributed by atoms with Crippen LogP contribution in [0.3, 0.4) is 0 Å². The van der Waals surface area contributed by atoms with Crippen molar-refractivity contribution in [2.75, 3.05) is 0 Å². The van der Waals surface area contributed by atoms with Gasteiger partial charge in [-0.3, -0.25) is 9.59 Å². The Balaban J connectivity index is 2.25. The van der Waals surface area contributed by atoms with E-state index in [0.717, 1.165) is 37.7 Å². The van der Waals surface area contributed by atoms with Crippen LogP contribution in [0.15, 0.2) is 30.3 Å². The number of hydrogen-bond donors (Lipinski definition) is 0. The molecule has 1 heterocycles. The second-order valence-corrected chi connectivity index (χ2v) is 8.02. The Bertz CT molecular complexity index is 1050. The van der Waals surface area contributed by atoms with Crippen LogP contribution in [-0.2, 0) is 14.3 Å². The van der Waals surface area contributed by atoms with E-state index >= 15 is 0 Å². The van der Waals surface area contributed by atoms with Crippen LogP contribution in [0.4, 0.5) is 0 Å². The number of rotatable bonds is 8. The quantitative estimate of drug-likeness (QED) is 0.274. The molecule has 1 aliphatic rings. The summed E-state index contributed by atoms with van der Waals surface area (Å²) in [7, 11) is 0. The first kappa shape index (κ1) is 23.3. The van der Waals surface area contributed by atoms with Crippen LogP contribution < -0.4 is 9.47 Å². The first-order chi connectivity index (χ1) is 15.4. The molecule has 6 heteroatoms. The maximum absolute atomic E-state index is 12.0. The van der Waals surface area contributed by atoms with Gasteiger partial charge in [0.05, 0.1) is 11.1 Å². The van der Waals surface area contributed by atoms with Crippen LogP contribution in [0.1, 0.15) is 94.1 Å². The van der Waals surface area contributed by atoms with E-state index in [2.05, 4.69) is 19.9 Å². The maximum atomic E-state index is 12.0. The molecule has 0 aromatic heterocycles. The summed E-state index contributed by atoms with van der Waals surface area (Å²) in [6.07, 6.45) is 4.16. The number of carbonyl (C=O) groups is 2. The van der Waals surface area contributed by atoms with Crippen LogP contribution in [0.25, 0.3) is 0 Å². The highest BCUT2D eigenvalue weighted by Crippen LogP contribution is 2.52. The van der Waals surface area contributed by atoms with Crippen LogP contribution in [-0.4, -0.2) is 11.9 Å². The Kier molecular flexibility index (Phi) is 7.53. The van der Waals surface area contributed by atoms with Gasteiger partial charge in [-0.25, -0.2) is 0 Å². The smallest absolute Gasteiger partial charge is 0.308 e. The zero-order chi connectivity index (χ0) is 23.3. The van der Waals surface area contributed by atoms with Crippen molar-refractivity contribution in [1.82, 2.24) is 0 Å². The van der Waals surface area contributed by atoms with Crippen molar-refractivity contribution in [3.8, 4) is 23.3 Å². The van der Waals surface area contributed by atoms with Gasteiger partial charge in [0.2, 0.25) is 0 Å². The van der Waals surface area contributed by atoms with E-state index in [9.17, 15) is 14.9 Å². The summed E-state index contributed by atoms with van der Waals surface area (Å²) in [5.41, 5.74) is 2.11. The molecule has 3 rings (SSSR count). The Hall–Kier alpha value is -3.33. The highest BCUT2D eigenvalue weighted by atomic mass is 16.6. The molecule has 32 heavy (non-hydrogen) atoms. The van der Waals surface area contributed by atoms with Crippen LogP contribution in [0.5, 0.6) is 17.2 Å². The predicted octanol–water partition coefficient (Wildman–Crippen LogP) is 6.32. The first-order valence-electron chi connectivity index (χ1n) is 11.1. The zero-order valence-electron chi connectivity index (χ0n) is 19.1. The van der Waals surface area contributed by atoms with Gasteiger partial charge in [-0.1, -0.05) is 51.3 Å². The number of esters is 2. The lowest BCUT2D eigenvalue weighted by Gasteiger charge is -2.31. The molecule has 0 saturated heterocycles. The number of benzene rings is 2. The van der Waals surface area contributed by atoms with Gasteiger partial charge >= 0.3 is 11.9 Å². The number of unbranched alkanes of at least 4 members (excludes halogenated alkanes) is 2. The van der Waals surface area contributed by atoms with Crippen molar-refractivity contribution in [1.29, 1.82) is 5.26 Å². The van der Waals surface area contributed by atoms with Gasteiger partial charge in [0.1, 0.15) is 17.6 Å². The summed E-state index contributed by atoms with van der Waals surface area (Å²) in [5, 5.41) is 10.1. The third-order valence-corrected chi connectivity index (χ3v) is 5.73. The standard InChI is InChI=1S/C26H29NO5/c1-5-7-8-11-18(6-2)20-14-23-24(26(21(20)15-27)31-17(4)29)25(30-16(3)28)19-12-9-10-13-22(19)32-23/h9-10,12-14,18,25H,5-8,11H2,1-4H3. The number of hydrogen-bond acceptors (Lipinski definition) is 6. The fraction of sp³-hybridized carbons (Fsp3) is 0.423. The third kappa shape index (κ3) is 4.77. The average Bonchev–Trinajstić information content (AvgIpc) is 2.75. The highest BCUT2D eigenvalue weighted by molar-refractivity contribution is 5.75. The fourth-order valence-electron chi connectivity index (χ4n) is 4.26. The van der Waals surface area contributed by atoms with Gasteiger partial charge in [0, 0.05) is 19.4 Å². The van der Waals surface area contributed by atoms with Crippen molar-refractivity contribution in [3.05, 3.63) is 52.6 Å². The van der Waals surface area contributed by atoms with Gasteiger partial charge in [0.15, 0.2) is 11.9 Å². The molecular weight excluding hydrogens is 406 g/mol. The topological polar surface area (TPSA) is 85.6 Å². The SMILES string of the molecule is CCCCCC(CC)c1cc2c(c(OC(C)=O)c1C#N)C(OC(C)=O)c1ccccc1O2. The minimum Gasteiger partial charge on any atom is -0.456 e. The molecule has 0 amide bonds. The molecule has 0 saturated carbocycles. The normalized spacial score (nSPS) is 14.9. The van der Waals surface area contributed by atoms with E-state index in [1.165, 1.54) is 13.8 Å². The number of nitrogens with zero attached hydrogens (tertiary/aromatic N) is 1. The van der Waals surface area contributed by atoms with Gasteiger partial charge in [-0.05, 0) is 36.5 Å². The molecule has 0 fully saturated rings. The maximum Gasteiger partial charge on any atom is 0.308 e. The largest absolute Gasteiger partial charge is 0.456 e. The summed E-state index contributed by atoms with van der Waals surface area (Å²) in [6.45, 7) is 6.85. The molecule has 0 radical (unpaired) electrons. The molecule has 168 valence electrons. The van der Waals surface area contributed by atoms with Gasteiger partial charge < -0.3 is 14.2 Å². The van der Waals surface area contributed by atoms with Crippen molar-refractivity contribution in [3.63, 3.8) is 0 Å². The minimum atomic E-state index is -0.844. The van der Waals surface area contributed by atoms with Crippen LogP contribution in [0.2, 0.25) is 0 Å². The Labute approximate surface area is 189 Å². The van der Waals surface area contributed by atoms with Crippen molar-refractivity contribution >= 4 is 11.9 Å². The number of fused-ring (bicyclic) bond motifs is 2. The zero-order valence-corrected chi connectivity index (χ0v) is 19.1. The molecule has 1 aliphatic heterocycles. The number of para-hydroxylation sites is 1. The minimum absolute atomic E-state index is 0.113. The van der Waals surface area contributed by atoms with E-state index in [-0.39, 0.29) is 11.7 Å². The monoisotopic (exact) mass is 435 g/mol. The summed E-state index contributed by atoms with van der Waals surface area (Å²) in [6, 6.07) is 11.4. The lowest BCUT2D eigenvalue weighted by Crippen LogP contribution is -2.20. The summed E-state index contributed by atoms with van der Waals surface area (Å²) < 4.78 is 17.4. The molecule has 2 aromatic rings. The van der Waals surface area contributed by atoms with Crippen molar-refractivity contribution in [2.45, 2.75) is 71.8 Å². The first-order valence-corrected chi connectivity index (χ1v) is 11.1. The predicted molar refractivity (Wildman–Crippen MR) is 120 cm³/mol. The van der Waals surface area contributed by atoms with E-state index in [0.29, 0.717) is 28.2 Å². The second kappa shape index (κ2) is 10.3. The fourth-order valence-corrected chi connectivity index (χ4v) is 4.26. The number of nitriles is 1. The van der Waals surface area contributed by atoms with E-state index in [1.54, 1.807) is 12.1 Å². The molecule has 6 nitrogen and oxygen atoms in total. The Morgan fingerprint density at radius 1 is 1.12 bits per heavy atom. The summed E-state index contributed by atoms with van der Waals surface area (Å²) >= 11 is 0. The highest BCUT2D eigenvalue weighted by Gasteiger charge is 2.37. The number of carbonyl (C=O) groups excluding carboxylic acids is 2. The molecule has 0 bridgehead atoms. The van der Waals surface area contributed by atoms with E-state index in [1.807, 2.05) is 18.2 Å². The third-order valence-electron chi connectivity index (χ3n) is 5.73. The van der Waals surface area contributed by atoms with Gasteiger partial charge in [-0.2, -0.15) is 5.26 Å². The van der Waals surface area contributed by atoms with E-state index < -0.39 is 18.0 Å². The molecule has 0 N–H and O–H groups in total. The van der Waals surface area contributed by atoms with Crippen LogP contribution >= 0.6 is 0 Å².